The first kappa shape index (κ1) is 24.6. The fourth-order valence-electron chi connectivity index (χ4n) is 9.75. The first-order chi connectivity index (χ1) is 15.7. The van der Waals surface area contributed by atoms with Gasteiger partial charge in [-0.25, -0.2) is 0 Å². The smallest absolute Gasteiger partial charge is 0.314 e. The molecule has 0 radical (unpaired) electrons. The van der Waals surface area contributed by atoms with Crippen LogP contribution < -0.4 is 0 Å². The first-order valence-electron chi connectivity index (χ1n) is 13.7. The minimum Gasteiger partial charge on any atom is -0.453 e. The molecule has 4 fully saturated rings. The Balaban J connectivity index is 1.50. The second-order valence-corrected chi connectivity index (χ2v) is 14.2. The van der Waals surface area contributed by atoms with Gasteiger partial charge in [-0.15, -0.1) is 0 Å². The van der Waals surface area contributed by atoms with Crippen LogP contribution in [0.25, 0.3) is 0 Å². The van der Waals surface area contributed by atoms with E-state index in [1.807, 2.05) is 19.9 Å². The van der Waals surface area contributed by atoms with Crippen molar-refractivity contribution in [3.05, 3.63) is 24.3 Å². The molecule has 1 spiro atoms. The van der Waals surface area contributed by atoms with E-state index in [2.05, 4.69) is 52.8 Å². The van der Waals surface area contributed by atoms with Crippen molar-refractivity contribution in [2.24, 2.45) is 45.3 Å². The van der Waals surface area contributed by atoms with E-state index in [4.69, 9.17) is 4.74 Å². The van der Waals surface area contributed by atoms with Crippen LogP contribution in [0.5, 0.6) is 0 Å². The Bertz CT molecular complexity index is 927. The van der Waals surface area contributed by atoms with Gasteiger partial charge in [0.05, 0.1) is 17.1 Å². The zero-order valence-electron chi connectivity index (χ0n) is 22.4. The molecule has 4 heteroatoms. The van der Waals surface area contributed by atoms with E-state index in [0.29, 0.717) is 11.8 Å². The van der Waals surface area contributed by atoms with Crippen LogP contribution in [0.4, 0.5) is 0 Å². The summed E-state index contributed by atoms with van der Waals surface area (Å²) in [4.78, 5) is 13.9. The van der Waals surface area contributed by atoms with Crippen molar-refractivity contribution in [2.45, 2.75) is 111 Å². The topological polar surface area (TPSA) is 66.8 Å². The molecule has 5 aliphatic rings. The van der Waals surface area contributed by atoms with E-state index in [-0.39, 0.29) is 28.6 Å². The van der Waals surface area contributed by atoms with Gasteiger partial charge in [0.25, 0.3) is 0 Å². The number of carbonyl (C=O) groups is 1. The highest BCUT2D eigenvalue weighted by Gasteiger charge is 2.79. The summed E-state index contributed by atoms with van der Waals surface area (Å²) in [6.45, 7) is 15.2. The van der Waals surface area contributed by atoms with Gasteiger partial charge in [-0.1, -0.05) is 52.8 Å². The number of fused-ring (bicyclic) bond motifs is 2. The molecule has 4 nitrogen and oxygen atoms in total. The van der Waals surface area contributed by atoms with Crippen LogP contribution in [-0.2, 0) is 9.53 Å². The van der Waals surface area contributed by atoms with Gasteiger partial charge in [0.15, 0.2) is 0 Å². The zero-order chi connectivity index (χ0) is 24.9. The van der Waals surface area contributed by atoms with Crippen molar-refractivity contribution in [2.75, 3.05) is 0 Å². The number of carbonyl (C=O) groups excluding carboxylic acids is 1. The van der Waals surface area contributed by atoms with E-state index in [9.17, 15) is 15.0 Å². The summed E-state index contributed by atoms with van der Waals surface area (Å²) in [6, 6.07) is 0. The molecule has 3 saturated carbocycles. The van der Waals surface area contributed by atoms with E-state index in [1.54, 1.807) is 0 Å². The van der Waals surface area contributed by atoms with Crippen LogP contribution in [0.15, 0.2) is 24.3 Å². The van der Waals surface area contributed by atoms with E-state index in [1.165, 1.54) is 6.42 Å². The van der Waals surface area contributed by atoms with Crippen LogP contribution in [0.1, 0.15) is 93.4 Å². The average molecular weight is 471 g/mol. The molecule has 0 aromatic heterocycles. The van der Waals surface area contributed by atoms with Crippen LogP contribution in [0.3, 0.4) is 0 Å². The summed E-state index contributed by atoms with van der Waals surface area (Å²) >= 11 is 0. The van der Waals surface area contributed by atoms with Crippen molar-refractivity contribution in [1.82, 2.24) is 0 Å². The molecule has 0 amide bonds. The molecular weight excluding hydrogens is 424 g/mol. The highest BCUT2D eigenvalue weighted by Crippen LogP contribution is 2.77. The third-order valence-corrected chi connectivity index (χ3v) is 12.0. The molecule has 1 saturated heterocycles. The molecule has 0 aromatic rings. The van der Waals surface area contributed by atoms with Gasteiger partial charge < -0.3 is 14.9 Å². The number of esters is 1. The fourth-order valence-corrected chi connectivity index (χ4v) is 9.75. The predicted molar refractivity (Wildman–Crippen MR) is 134 cm³/mol. The monoisotopic (exact) mass is 470 g/mol. The molecule has 4 aliphatic carbocycles. The van der Waals surface area contributed by atoms with Crippen molar-refractivity contribution >= 4 is 5.97 Å². The molecule has 34 heavy (non-hydrogen) atoms. The highest BCUT2D eigenvalue weighted by molar-refractivity contribution is 5.83. The number of aliphatic hydroxyl groups is 2. The van der Waals surface area contributed by atoms with Gasteiger partial charge in [-0.3, -0.25) is 4.79 Å². The predicted octanol–water partition coefficient (Wildman–Crippen LogP) is 5.82. The average Bonchev–Trinajstić information content (AvgIpc) is 3.09. The molecule has 1 heterocycles. The minimum absolute atomic E-state index is 0.00237. The van der Waals surface area contributed by atoms with Gasteiger partial charge in [0.2, 0.25) is 0 Å². The molecular formula is C30H46O4. The molecule has 1 aliphatic heterocycles. The number of hydrogen-bond donors (Lipinski definition) is 2. The van der Waals surface area contributed by atoms with Gasteiger partial charge >= 0.3 is 5.97 Å². The number of rotatable bonds is 4. The van der Waals surface area contributed by atoms with E-state index in [0.717, 1.165) is 38.5 Å². The Kier molecular flexibility index (Phi) is 5.21. The van der Waals surface area contributed by atoms with Gasteiger partial charge in [-0.05, 0) is 93.5 Å². The fraction of sp³-hybridized carbons (Fsp3) is 0.833. The lowest BCUT2D eigenvalue weighted by atomic mass is 9.38. The third kappa shape index (κ3) is 2.82. The van der Waals surface area contributed by atoms with Crippen molar-refractivity contribution < 1.29 is 19.7 Å². The number of hydrogen-bond acceptors (Lipinski definition) is 4. The molecule has 190 valence electrons. The molecule has 0 aromatic carbocycles. The normalized spacial score (nSPS) is 50.0. The molecule has 2 N–H and O–H groups in total. The lowest BCUT2D eigenvalue weighted by molar-refractivity contribution is -0.173. The van der Waals surface area contributed by atoms with Crippen LogP contribution in [0.2, 0.25) is 0 Å². The minimum atomic E-state index is -0.769. The Hall–Kier alpha value is -1.13. The molecule has 9 atom stereocenters. The lowest BCUT2D eigenvalue weighted by Gasteiger charge is -2.63. The highest BCUT2D eigenvalue weighted by atomic mass is 16.6. The van der Waals surface area contributed by atoms with Gasteiger partial charge in [-0.2, -0.15) is 0 Å². The Morgan fingerprint density at radius 1 is 1.12 bits per heavy atom. The van der Waals surface area contributed by atoms with Crippen LogP contribution in [0, 0.1) is 45.3 Å². The molecule has 5 rings (SSSR count). The second kappa shape index (κ2) is 7.22. The maximum atomic E-state index is 13.9. The van der Waals surface area contributed by atoms with Crippen LogP contribution >= 0.6 is 0 Å². The van der Waals surface area contributed by atoms with Crippen molar-refractivity contribution in [1.29, 1.82) is 0 Å². The summed E-state index contributed by atoms with van der Waals surface area (Å²) < 4.78 is 6.39. The second-order valence-electron chi connectivity index (χ2n) is 14.2. The number of ether oxygens (including phenoxy) is 1. The molecule has 2 bridgehead atoms. The van der Waals surface area contributed by atoms with Gasteiger partial charge in [0, 0.05) is 11.3 Å². The summed E-state index contributed by atoms with van der Waals surface area (Å²) in [5, 5.41) is 21.0. The van der Waals surface area contributed by atoms with Crippen molar-refractivity contribution in [3.63, 3.8) is 0 Å². The first-order valence-corrected chi connectivity index (χ1v) is 13.7. The SMILES string of the molecule is C[C@H](C/C=C/C(C)(C)O)[C@H]1CC[C@@]2(C)[C@@H]3C=C[C@]45OC(=O)[C@]3(CC[C@]12C)[C@@H]4CC[C@H](O)C5(C)C. The Morgan fingerprint density at radius 2 is 1.82 bits per heavy atom. The maximum Gasteiger partial charge on any atom is 0.314 e. The van der Waals surface area contributed by atoms with E-state index < -0.39 is 28.1 Å². The maximum absolute atomic E-state index is 13.9. The summed E-state index contributed by atoms with van der Waals surface area (Å²) in [6.07, 6.45) is 15.1. The lowest BCUT2D eigenvalue weighted by Crippen LogP contribution is -2.64. The third-order valence-electron chi connectivity index (χ3n) is 12.0. The summed E-state index contributed by atoms with van der Waals surface area (Å²) in [5.74, 6) is 1.49. The Morgan fingerprint density at radius 3 is 2.50 bits per heavy atom. The Labute approximate surface area is 206 Å². The zero-order valence-corrected chi connectivity index (χ0v) is 22.4. The van der Waals surface area contributed by atoms with Crippen molar-refractivity contribution in [3.8, 4) is 0 Å². The quantitative estimate of drug-likeness (QED) is 0.401. The number of allylic oxidation sites excluding steroid dienone is 2. The number of aliphatic hydroxyl groups excluding tert-OH is 1. The largest absolute Gasteiger partial charge is 0.453 e. The van der Waals surface area contributed by atoms with E-state index >= 15 is 0 Å². The standard InChI is InChI=1S/C30H46O4/c1-19(9-8-14-25(2,3)33)20-12-15-28(7)21-13-16-30-22(10-11-23(31)26(30,4)5)29(21,24(32)34-30)18-17-27(20,28)6/h8,13-14,16,19-23,31,33H,9-12,15,17-18H2,1-7H3/b14-8+/t19-,20-,21+,22+,23+,27-,28+,29+,30+/m1/s1. The summed E-state index contributed by atoms with van der Waals surface area (Å²) in [5.41, 5.74) is -2.14. The summed E-state index contributed by atoms with van der Waals surface area (Å²) in [7, 11) is 0. The van der Waals surface area contributed by atoms with Crippen LogP contribution in [-0.4, -0.2) is 33.5 Å². The van der Waals surface area contributed by atoms with Gasteiger partial charge in [0.1, 0.15) is 5.60 Å². The molecule has 0 unspecified atom stereocenters.